The number of rotatable bonds is 7. The third kappa shape index (κ3) is 4.99. The van der Waals surface area contributed by atoms with Crippen LogP contribution in [0, 0.1) is 11.6 Å². The highest BCUT2D eigenvalue weighted by Crippen LogP contribution is 2.25. The first kappa shape index (κ1) is 19.2. The molecule has 0 aliphatic rings. The van der Waals surface area contributed by atoms with Gasteiger partial charge in [-0.15, -0.1) is 11.3 Å². The minimum absolute atomic E-state index is 0.0205. The molecule has 0 unspecified atom stereocenters. The van der Waals surface area contributed by atoms with E-state index in [2.05, 4.69) is 10.6 Å². The lowest BCUT2D eigenvalue weighted by molar-refractivity contribution is -0.120. The number of carbonyl (C=O) groups is 1. The largest absolute Gasteiger partial charge is 0.343 e. The summed E-state index contributed by atoms with van der Waals surface area (Å²) in [7, 11) is 0. The van der Waals surface area contributed by atoms with Gasteiger partial charge in [0.25, 0.3) is 0 Å². The van der Waals surface area contributed by atoms with E-state index in [0.717, 1.165) is 16.5 Å². The van der Waals surface area contributed by atoms with Crippen LogP contribution in [0.5, 0.6) is 0 Å². The Morgan fingerprint density at radius 1 is 1.07 bits per heavy atom. The Kier molecular flexibility index (Phi) is 6.32. The smallest absolute Gasteiger partial charge is 0.234 e. The topological polar surface area (TPSA) is 41.1 Å². The molecule has 1 heterocycles. The van der Waals surface area contributed by atoms with Crippen molar-refractivity contribution in [2.75, 3.05) is 6.54 Å². The molecule has 2 aromatic carbocycles. The molecule has 0 saturated heterocycles. The molecule has 6 heteroatoms. The molecule has 2 atom stereocenters. The van der Waals surface area contributed by atoms with Crippen LogP contribution in [0.4, 0.5) is 8.78 Å². The van der Waals surface area contributed by atoms with Crippen molar-refractivity contribution in [1.29, 1.82) is 0 Å². The predicted molar refractivity (Wildman–Crippen MR) is 104 cm³/mol. The van der Waals surface area contributed by atoms with Crippen molar-refractivity contribution in [1.82, 2.24) is 10.6 Å². The lowest BCUT2D eigenvalue weighted by atomic mass is 10.1. The standard InChI is InChI=1S/C21H20F2N2OS/c1-14(17-10-9-16(22)12-18(17)23)24-13-20(26)25-21(19-8-5-11-27-19)15-6-3-2-4-7-15/h2-12,14,21,24H,13H2,1H3,(H,25,26)/t14-,21-/m0/s1. The number of nitrogens with one attached hydrogen (secondary N) is 2. The van der Waals surface area contributed by atoms with E-state index in [1.165, 1.54) is 12.1 Å². The summed E-state index contributed by atoms with van der Waals surface area (Å²) in [5.41, 5.74) is 1.31. The third-order valence-corrected chi connectivity index (χ3v) is 5.20. The summed E-state index contributed by atoms with van der Waals surface area (Å²) >= 11 is 1.57. The molecule has 0 aliphatic carbocycles. The minimum Gasteiger partial charge on any atom is -0.343 e. The van der Waals surface area contributed by atoms with Crippen LogP contribution in [0.25, 0.3) is 0 Å². The van der Waals surface area contributed by atoms with Crippen LogP contribution in [-0.4, -0.2) is 12.5 Å². The zero-order valence-corrected chi connectivity index (χ0v) is 15.6. The van der Waals surface area contributed by atoms with Gasteiger partial charge in [-0.1, -0.05) is 42.5 Å². The van der Waals surface area contributed by atoms with E-state index in [4.69, 9.17) is 0 Å². The molecule has 3 aromatic rings. The molecule has 0 aliphatic heterocycles. The summed E-state index contributed by atoms with van der Waals surface area (Å²) in [6.45, 7) is 1.75. The summed E-state index contributed by atoms with van der Waals surface area (Å²) in [4.78, 5) is 13.5. The van der Waals surface area contributed by atoms with Crippen LogP contribution in [0.15, 0.2) is 66.0 Å². The fourth-order valence-electron chi connectivity index (χ4n) is 2.84. The molecule has 0 radical (unpaired) electrons. The molecule has 1 amide bonds. The number of hydrogen-bond donors (Lipinski definition) is 2. The van der Waals surface area contributed by atoms with Gasteiger partial charge in [-0.05, 0) is 30.0 Å². The van der Waals surface area contributed by atoms with Crippen molar-refractivity contribution in [3.05, 3.63) is 93.7 Å². The van der Waals surface area contributed by atoms with Crippen molar-refractivity contribution in [3.8, 4) is 0 Å². The number of carbonyl (C=O) groups excluding carboxylic acids is 1. The van der Waals surface area contributed by atoms with Gasteiger partial charge in [0.2, 0.25) is 5.91 Å². The number of hydrogen-bond acceptors (Lipinski definition) is 3. The molecular formula is C21H20F2N2OS. The van der Waals surface area contributed by atoms with Crippen LogP contribution in [-0.2, 0) is 4.79 Å². The summed E-state index contributed by atoms with van der Waals surface area (Å²) in [6.07, 6.45) is 0. The van der Waals surface area contributed by atoms with Crippen molar-refractivity contribution in [2.45, 2.75) is 19.0 Å². The molecule has 0 spiro atoms. The van der Waals surface area contributed by atoms with E-state index in [1.54, 1.807) is 18.3 Å². The van der Waals surface area contributed by atoms with Gasteiger partial charge in [-0.25, -0.2) is 8.78 Å². The van der Waals surface area contributed by atoms with Crippen molar-refractivity contribution in [2.24, 2.45) is 0 Å². The SMILES string of the molecule is C[C@H](NCC(=O)N[C@@H](c1ccccc1)c1cccs1)c1ccc(F)cc1F. The summed E-state index contributed by atoms with van der Waals surface area (Å²) in [5, 5.41) is 7.98. The Labute approximate surface area is 161 Å². The van der Waals surface area contributed by atoms with E-state index in [-0.39, 0.29) is 18.5 Å². The van der Waals surface area contributed by atoms with Gasteiger partial charge in [-0.2, -0.15) is 0 Å². The van der Waals surface area contributed by atoms with Crippen molar-refractivity contribution < 1.29 is 13.6 Å². The molecule has 3 rings (SSSR count). The van der Waals surface area contributed by atoms with Gasteiger partial charge >= 0.3 is 0 Å². The summed E-state index contributed by atoms with van der Waals surface area (Å²) in [6, 6.07) is 16.4. The zero-order valence-electron chi connectivity index (χ0n) is 14.8. The second-order valence-corrected chi connectivity index (χ2v) is 7.17. The number of thiophene rings is 1. The van der Waals surface area contributed by atoms with E-state index in [1.807, 2.05) is 47.8 Å². The normalized spacial score (nSPS) is 13.1. The monoisotopic (exact) mass is 386 g/mol. The molecule has 27 heavy (non-hydrogen) atoms. The predicted octanol–water partition coefficient (Wildman–Crippen LogP) is 4.58. The van der Waals surface area contributed by atoms with Crippen LogP contribution in [0.2, 0.25) is 0 Å². The molecule has 2 N–H and O–H groups in total. The molecule has 0 saturated carbocycles. The fraction of sp³-hybridized carbons (Fsp3) is 0.190. The molecule has 140 valence electrons. The quantitative estimate of drug-likeness (QED) is 0.624. The maximum Gasteiger partial charge on any atom is 0.234 e. The Morgan fingerprint density at radius 2 is 1.85 bits per heavy atom. The Balaban J connectivity index is 1.64. The van der Waals surface area contributed by atoms with E-state index in [9.17, 15) is 13.6 Å². The Hall–Kier alpha value is -2.57. The molecule has 0 fully saturated rings. The molecule has 0 bridgehead atoms. The lowest BCUT2D eigenvalue weighted by Gasteiger charge is -2.20. The van der Waals surface area contributed by atoms with Gasteiger partial charge in [0.05, 0.1) is 12.6 Å². The highest BCUT2D eigenvalue weighted by Gasteiger charge is 2.18. The number of amides is 1. The minimum atomic E-state index is -0.629. The van der Waals surface area contributed by atoms with Gasteiger partial charge in [0.15, 0.2) is 0 Å². The third-order valence-electron chi connectivity index (χ3n) is 4.26. The van der Waals surface area contributed by atoms with Gasteiger partial charge in [0.1, 0.15) is 11.6 Å². The van der Waals surface area contributed by atoms with Gasteiger partial charge < -0.3 is 10.6 Å². The number of halogens is 2. The first-order valence-corrected chi connectivity index (χ1v) is 9.48. The molecular weight excluding hydrogens is 366 g/mol. The van der Waals surface area contributed by atoms with E-state index < -0.39 is 17.7 Å². The van der Waals surface area contributed by atoms with Gasteiger partial charge in [-0.3, -0.25) is 4.79 Å². The Morgan fingerprint density at radius 3 is 2.52 bits per heavy atom. The van der Waals surface area contributed by atoms with Crippen molar-refractivity contribution in [3.63, 3.8) is 0 Å². The van der Waals surface area contributed by atoms with Crippen LogP contribution in [0.1, 0.15) is 35.0 Å². The maximum atomic E-state index is 13.9. The van der Waals surface area contributed by atoms with Gasteiger partial charge in [0, 0.05) is 22.5 Å². The maximum absolute atomic E-state index is 13.9. The zero-order chi connectivity index (χ0) is 19.2. The second-order valence-electron chi connectivity index (χ2n) is 6.20. The fourth-order valence-corrected chi connectivity index (χ4v) is 3.64. The number of benzene rings is 2. The van der Waals surface area contributed by atoms with Crippen LogP contribution >= 0.6 is 11.3 Å². The summed E-state index contributed by atoms with van der Waals surface area (Å²) < 4.78 is 26.9. The van der Waals surface area contributed by atoms with E-state index in [0.29, 0.717) is 5.56 Å². The average molecular weight is 386 g/mol. The van der Waals surface area contributed by atoms with E-state index >= 15 is 0 Å². The molecule has 3 nitrogen and oxygen atoms in total. The second kappa shape index (κ2) is 8.88. The van der Waals surface area contributed by atoms with Crippen molar-refractivity contribution >= 4 is 17.2 Å². The average Bonchev–Trinajstić information content (AvgIpc) is 3.19. The first-order valence-electron chi connectivity index (χ1n) is 8.60. The van der Waals surface area contributed by atoms with Crippen LogP contribution < -0.4 is 10.6 Å². The molecule has 1 aromatic heterocycles. The summed E-state index contributed by atoms with van der Waals surface area (Å²) in [5.74, 6) is -1.45. The lowest BCUT2D eigenvalue weighted by Crippen LogP contribution is -2.37. The highest BCUT2D eigenvalue weighted by molar-refractivity contribution is 7.10. The highest BCUT2D eigenvalue weighted by atomic mass is 32.1. The first-order chi connectivity index (χ1) is 13.0. The van der Waals surface area contributed by atoms with Crippen LogP contribution in [0.3, 0.4) is 0 Å². The Bertz CT molecular complexity index is 884.